The van der Waals surface area contributed by atoms with Crippen LogP contribution in [0.5, 0.6) is 23.0 Å². The molecule has 2 aromatic carbocycles. The minimum atomic E-state index is -0.691. The smallest absolute Gasteiger partial charge is 0.337 e. The van der Waals surface area contributed by atoms with E-state index in [9.17, 15) is 39.6 Å². The lowest BCUT2D eigenvalue weighted by molar-refractivity contribution is -0.147. The summed E-state index contributed by atoms with van der Waals surface area (Å²) in [4.78, 5) is 47.5. The van der Waals surface area contributed by atoms with Crippen LogP contribution in [0.4, 0.5) is 0 Å². The SMILES string of the molecule is C/C=C1\C(CC(=O)OCCc2ccc(O)c(O)c2)CCO[C@H]1C.COC(=O)C1=COC(C)C(C=O)C1CC(=O)OCCc1ccc(O)c(O)c1. The van der Waals surface area contributed by atoms with Gasteiger partial charge in [0.25, 0.3) is 0 Å². The van der Waals surface area contributed by atoms with Gasteiger partial charge in [-0.25, -0.2) is 4.79 Å². The average molecular weight is 699 g/mol. The second kappa shape index (κ2) is 19.2. The number of ether oxygens (including phenoxy) is 5. The zero-order chi connectivity index (χ0) is 36.8. The van der Waals surface area contributed by atoms with E-state index >= 15 is 0 Å². The van der Waals surface area contributed by atoms with E-state index in [0.717, 1.165) is 17.6 Å². The first-order valence-electron chi connectivity index (χ1n) is 16.4. The van der Waals surface area contributed by atoms with Crippen LogP contribution in [0, 0.1) is 17.8 Å². The third kappa shape index (κ3) is 11.3. The van der Waals surface area contributed by atoms with Crippen molar-refractivity contribution in [3.05, 3.63) is 71.0 Å². The van der Waals surface area contributed by atoms with Gasteiger partial charge in [-0.15, -0.1) is 0 Å². The Hall–Kier alpha value is -5.04. The molecule has 0 aliphatic carbocycles. The second-order valence-corrected chi connectivity index (χ2v) is 12.0. The van der Waals surface area contributed by atoms with E-state index in [1.165, 1.54) is 37.6 Å². The molecule has 0 radical (unpaired) electrons. The van der Waals surface area contributed by atoms with Gasteiger partial charge in [0, 0.05) is 25.4 Å². The van der Waals surface area contributed by atoms with Crippen LogP contribution in [0.15, 0.2) is 59.9 Å². The predicted octanol–water partition coefficient (Wildman–Crippen LogP) is 4.43. The van der Waals surface area contributed by atoms with Gasteiger partial charge >= 0.3 is 17.9 Å². The number of methoxy groups -OCH3 is 1. The summed E-state index contributed by atoms with van der Waals surface area (Å²) in [7, 11) is 1.21. The second-order valence-electron chi connectivity index (χ2n) is 12.0. The van der Waals surface area contributed by atoms with Gasteiger partial charge in [0.05, 0.1) is 57.0 Å². The number of hydrogen-bond acceptors (Lipinski definition) is 13. The van der Waals surface area contributed by atoms with Crippen molar-refractivity contribution in [2.75, 3.05) is 26.9 Å². The first-order chi connectivity index (χ1) is 23.9. The van der Waals surface area contributed by atoms with Crippen molar-refractivity contribution in [2.24, 2.45) is 17.8 Å². The highest BCUT2D eigenvalue weighted by atomic mass is 16.5. The van der Waals surface area contributed by atoms with Crippen molar-refractivity contribution in [3.8, 4) is 23.0 Å². The van der Waals surface area contributed by atoms with Crippen molar-refractivity contribution < 1.29 is 63.3 Å². The molecule has 0 aromatic heterocycles. The molecular formula is C37H46O13. The largest absolute Gasteiger partial charge is 0.504 e. The Kier molecular flexibility index (Phi) is 15.1. The Morgan fingerprint density at radius 3 is 1.92 bits per heavy atom. The molecule has 2 aromatic rings. The van der Waals surface area contributed by atoms with E-state index in [1.807, 2.05) is 19.9 Å². The van der Waals surface area contributed by atoms with Crippen LogP contribution < -0.4 is 0 Å². The maximum absolute atomic E-state index is 12.2. The van der Waals surface area contributed by atoms with Gasteiger partial charge in [0.2, 0.25) is 0 Å². The first-order valence-corrected chi connectivity index (χ1v) is 16.4. The fraction of sp³-hybridized carbons (Fsp3) is 0.459. The van der Waals surface area contributed by atoms with Gasteiger partial charge in [-0.3, -0.25) is 9.59 Å². The molecule has 0 spiro atoms. The van der Waals surface area contributed by atoms with E-state index in [1.54, 1.807) is 19.1 Å². The Labute approximate surface area is 291 Å². The number of hydrogen-bond donors (Lipinski definition) is 4. The lowest BCUT2D eigenvalue weighted by Crippen LogP contribution is -2.37. The topological polar surface area (TPSA) is 195 Å². The number of phenols is 4. The van der Waals surface area contributed by atoms with Crippen LogP contribution >= 0.6 is 0 Å². The van der Waals surface area contributed by atoms with E-state index in [2.05, 4.69) is 0 Å². The summed E-state index contributed by atoms with van der Waals surface area (Å²) in [5, 5.41) is 37.4. The minimum Gasteiger partial charge on any atom is -0.504 e. The summed E-state index contributed by atoms with van der Waals surface area (Å²) < 4.78 is 26.1. The third-order valence-electron chi connectivity index (χ3n) is 8.69. The van der Waals surface area contributed by atoms with Crippen molar-refractivity contribution in [1.29, 1.82) is 0 Å². The summed E-state index contributed by atoms with van der Waals surface area (Å²) >= 11 is 0. The molecule has 2 aliphatic heterocycles. The van der Waals surface area contributed by atoms with Crippen LogP contribution in [-0.4, -0.2) is 83.8 Å². The molecule has 4 N–H and O–H groups in total. The van der Waals surface area contributed by atoms with Gasteiger partial charge in [0.15, 0.2) is 23.0 Å². The molecule has 0 saturated carbocycles. The van der Waals surface area contributed by atoms with Gasteiger partial charge in [-0.2, -0.15) is 0 Å². The van der Waals surface area contributed by atoms with Crippen molar-refractivity contribution >= 4 is 24.2 Å². The van der Waals surface area contributed by atoms with Crippen LogP contribution in [0.25, 0.3) is 0 Å². The number of aromatic hydroxyl groups is 4. The zero-order valence-corrected chi connectivity index (χ0v) is 28.7. The number of aldehydes is 1. The Balaban J connectivity index is 0.000000274. The summed E-state index contributed by atoms with van der Waals surface area (Å²) in [6.45, 7) is 6.63. The molecule has 0 amide bonds. The fourth-order valence-corrected chi connectivity index (χ4v) is 5.85. The molecule has 0 bridgehead atoms. The highest BCUT2D eigenvalue weighted by molar-refractivity contribution is 5.90. The molecule has 50 heavy (non-hydrogen) atoms. The molecule has 4 rings (SSSR count). The lowest BCUT2D eigenvalue weighted by Gasteiger charge is -2.32. The number of allylic oxidation sites excluding steroid dienone is 1. The van der Waals surface area contributed by atoms with Crippen molar-refractivity contribution in [2.45, 2.75) is 65.1 Å². The monoisotopic (exact) mass is 698 g/mol. The standard InChI is InChI=1S/C19H22O8.C18H24O5/c1-11-14(9-20)13(15(10-27-11)19(24)25-2)8-18(23)26-6-5-12-3-4-16(21)17(22)7-12;1-3-15-12(2)22-9-7-14(15)11-18(21)23-8-6-13-4-5-16(19)17(20)10-13/h3-4,7,9-11,13-14,21-22H,5-6,8H2,1-2H3;3-5,10,12,14,19-20H,6-9,11H2,1-2H3/b;15-3-/t;12-,14?/m.0/s1. The molecule has 1 saturated heterocycles. The normalized spacial score (nSPS) is 22.2. The van der Waals surface area contributed by atoms with Crippen LogP contribution in [0.3, 0.4) is 0 Å². The highest BCUT2D eigenvalue weighted by Crippen LogP contribution is 2.33. The fourth-order valence-electron chi connectivity index (χ4n) is 5.85. The zero-order valence-electron chi connectivity index (χ0n) is 28.7. The number of esters is 3. The molecule has 13 nitrogen and oxygen atoms in total. The minimum absolute atomic E-state index is 0.0465. The Morgan fingerprint density at radius 1 is 0.860 bits per heavy atom. The number of rotatable bonds is 12. The molecular weight excluding hydrogens is 652 g/mol. The van der Waals surface area contributed by atoms with Gasteiger partial charge < -0.3 is 48.9 Å². The predicted molar refractivity (Wildman–Crippen MR) is 179 cm³/mol. The number of carbonyl (C=O) groups is 4. The third-order valence-corrected chi connectivity index (χ3v) is 8.69. The number of phenolic OH excluding ortho intramolecular Hbond substituents is 4. The first kappa shape index (κ1) is 39.4. The van der Waals surface area contributed by atoms with E-state index in [4.69, 9.17) is 23.7 Å². The summed E-state index contributed by atoms with van der Waals surface area (Å²) in [5.74, 6) is -3.43. The quantitative estimate of drug-likeness (QED) is 0.0800. The van der Waals surface area contributed by atoms with Crippen LogP contribution in [0.2, 0.25) is 0 Å². The molecule has 2 aliphatic rings. The summed E-state index contributed by atoms with van der Waals surface area (Å²) in [6, 6.07) is 8.92. The van der Waals surface area contributed by atoms with Crippen molar-refractivity contribution in [1.82, 2.24) is 0 Å². The maximum atomic E-state index is 12.2. The van der Waals surface area contributed by atoms with Gasteiger partial charge in [0.1, 0.15) is 12.4 Å². The van der Waals surface area contributed by atoms with Gasteiger partial charge in [-0.05, 0) is 74.1 Å². The molecule has 272 valence electrons. The van der Waals surface area contributed by atoms with Crippen LogP contribution in [-0.2, 0) is 55.7 Å². The molecule has 5 atom stereocenters. The lowest BCUT2D eigenvalue weighted by atomic mass is 9.80. The van der Waals surface area contributed by atoms with E-state index < -0.39 is 29.9 Å². The van der Waals surface area contributed by atoms with Crippen molar-refractivity contribution in [3.63, 3.8) is 0 Å². The molecule has 1 fully saturated rings. The Bertz CT molecular complexity index is 1550. The molecule has 4 unspecified atom stereocenters. The maximum Gasteiger partial charge on any atom is 0.337 e. The molecule has 13 heteroatoms. The van der Waals surface area contributed by atoms with E-state index in [0.29, 0.717) is 37.7 Å². The summed E-state index contributed by atoms with van der Waals surface area (Å²) in [6.07, 6.45) is 5.38. The number of carbonyl (C=O) groups excluding carboxylic acids is 4. The van der Waals surface area contributed by atoms with E-state index in [-0.39, 0.29) is 66.2 Å². The van der Waals surface area contributed by atoms with Crippen LogP contribution in [0.1, 0.15) is 51.2 Å². The highest BCUT2D eigenvalue weighted by Gasteiger charge is 2.39. The Morgan fingerprint density at radius 2 is 1.42 bits per heavy atom. The number of benzene rings is 2. The summed E-state index contributed by atoms with van der Waals surface area (Å²) in [5.41, 5.74) is 2.77. The molecule has 2 heterocycles. The average Bonchev–Trinajstić information content (AvgIpc) is 3.08. The van der Waals surface area contributed by atoms with Gasteiger partial charge in [-0.1, -0.05) is 18.2 Å².